The summed E-state index contributed by atoms with van der Waals surface area (Å²) in [6.45, 7) is 17.3. The van der Waals surface area contributed by atoms with Crippen molar-refractivity contribution in [3.8, 4) is 40.0 Å². The van der Waals surface area contributed by atoms with Crippen molar-refractivity contribution >= 4 is 27.5 Å². The second-order valence-electron chi connectivity index (χ2n) is 13.3. The minimum absolute atomic E-state index is 0. The average Bonchev–Trinajstić information content (AvgIpc) is 3.51. The van der Waals surface area contributed by atoms with E-state index in [2.05, 4.69) is 79.6 Å². The van der Waals surface area contributed by atoms with Crippen molar-refractivity contribution in [1.82, 2.24) is 24.5 Å². The molecule has 3 aromatic heterocycles. The maximum atomic E-state index is 8.11. The zero-order valence-corrected chi connectivity index (χ0v) is 28.9. The molecule has 0 saturated carbocycles. The van der Waals surface area contributed by atoms with E-state index in [-0.39, 0.29) is 30.9 Å². The minimum Gasteiger partial charge on any atom is -0.316 e. The van der Waals surface area contributed by atoms with Crippen LogP contribution >= 0.6 is 0 Å². The van der Waals surface area contributed by atoms with E-state index in [0.29, 0.717) is 34.5 Å². The summed E-state index contributed by atoms with van der Waals surface area (Å²) in [5.74, 6) is 1.51. The molecular formula is C40H31IrN6-. The number of pyridine rings is 1. The summed E-state index contributed by atoms with van der Waals surface area (Å²) in [6.07, 6.45) is 2.83. The van der Waals surface area contributed by atoms with Gasteiger partial charge in [0, 0.05) is 48.2 Å². The van der Waals surface area contributed by atoms with Crippen LogP contribution in [0.5, 0.6) is 0 Å². The van der Waals surface area contributed by atoms with Crippen LogP contribution in [0, 0.1) is 12.6 Å². The van der Waals surface area contributed by atoms with Crippen molar-refractivity contribution < 1.29 is 20.1 Å². The summed E-state index contributed by atoms with van der Waals surface area (Å²) in [5.41, 5.74) is 8.15. The summed E-state index contributed by atoms with van der Waals surface area (Å²) in [6, 6.07) is 36.0. The van der Waals surface area contributed by atoms with Crippen LogP contribution < -0.4 is 0 Å². The third-order valence-electron chi connectivity index (χ3n) is 9.23. The van der Waals surface area contributed by atoms with E-state index in [1.54, 1.807) is 6.20 Å². The zero-order valence-electron chi connectivity index (χ0n) is 26.5. The maximum Gasteiger partial charge on any atom is 0.238 e. The molecule has 7 aromatic rings. The second kappa shape index (κ2) is 11.3. The van der Waals surface area contributed by atoms with Gasteiger partial charge in [0.15, 0.2) is 17.3 Å². The van der Waals surface area contributed by atoms with Gasteiger partial charge in [-0.2, -0.15) is 9.97 Å². The Labute approximate surface area is 287 Å². The average molecular weight is 788 g/mol. The van der Waals surface area contributed by atoms with Crippen molar-refractivity contribution in [2.45, 2.75) is 44.9 Å². The van der Waals surface area contributed by atoms with Gasteiger partial charge in [-0.1, -0.05) is 100 Å². The summed E-state index contributed by atoms with van der Waals surface area (Å²) in [5, 5.41) is 2.25. The number of rotatable bonds is 4. The van der Waals surface area contributed by atoms with Crippen molar-refractivity contribution in [2.75, 3.05) is 0 Å². The number of nitrogens with zero attached hydrogens (tertiary/aromatic N) is 6. The number of hydrogen-bond acceptors (Lipinski definition) is 4. The van der Waals surface area contributed by atoms with Crippen molar-refractivity contribution in [3.05, 3.63) is 132 Å². The SMILES string of the molecule is [C-]#[N+]c1cc(-c2nc(-c3ccccc3)nc(-n3c4ccccc4c4ccccc43)n2)cnc1-c1[c-]cc2c(c1)C(C)(C)CC2(C)C.[Ir]. The second-order valence-corrected chi connectivity index (χ2v) is 13.3. The number of benzene rings is 4. The van der Waals surface area contributed by atoms with Crippen LogP contribution in [0.3, 0.4) is 0 Å². The summed E-state index contributed by atoms with van der Waals surface area (Å²) < 4.78 is 2.09. The van der Waals surface area contributed by atoms with E-state index < -0.39 is 0 Å². The molecule has 4 aromatic carbocycles. The first kappa shape index (κ1) is 30.6. The molecule has 231 valence electrons. The van der Waals surface area contributed by atoms with Gasteiger partial charge in [-0.05, 0) is 35.1 Å². The number of fused-ring (bicyclic) bond motifs is 4. The molecule has 47 heavy (non-hydrogen) atoms. The van der Waals surface area contributed by atoms with E-state index in [1.165, 1.54) is 11.1 Å². The molecule has 0 saturated heterocycles. The van der Waals surface area contributed by atoms with Gasteiger partial charge < -0.3 is 4.98 Å². The van der Waals surface area contributed by atoms with E-state index in [0.717, 1.165) is 39.4 Å². The predicted molar refractivity (Wildman–Crippen MR) is 184 cm³/mol. The zero-order chi connectivity index (χ0) is 31.6. The molecule has 0 aliphatic heterocycles. The van der Waals surface area contributed by atoms with E-state index in [4.69, 9.17) is 26.5 Å². The molecule has 1 aliphatic rings. The van der Waals surface area contributed by atoms with Crippen LogP contribution in [-0.2, 0) is 30.9 Å². The first-order valence-corrected chi connectivity index (χ1v) is 15.5. The fourth-order valence-corrected chi connectivity index (χ4v) is 7.36. The Hall–Kier alpha value is -5.02. The summed E-state index contributed by atoms with van der Waals surface area (Å²) >= 11 is 0. The number of para-hydroxylation sites is 2. The molecule has 8 rings (SSSR count). The van der Waals surface area contributed by atoms with Crippen molar-refractivity contribution in [1.29, 1.82) is 0 Å². The Morgan fingerprint density at radius 2 is 1.32 bits per heavy atom. The molecule has 0 fully saturated rings. The molecule has 0 bridgehead atoms. The smallest absolute Gasteiger partial charge is 0.238 e. The van der Waals surface area contributed by atoms with Gasteiger partial charge in [0.05, 0.1) is 17.6 Å². The van der Waals surface area contributed by atoms with E-state index in [9.17, 15) is 0 Å². The normalized spacial score (nSPS) is 14.4. The van der Waals surface area contributed by atoms with Crippen molar-refractivity contribution in [3.63, 3.8) is 0 Å². The molecule has 1 radical (unpaired) electrons. The Morgan fingerprint density at radius 3 is 1.98 bits per heavy atom. The third-order valence-corrected chi connectivity index (χ3v) is 9.23. The molecule has 1 aliphatic carbocycles. The molecular weight excluding hydrogens is 757 g/mol. The molecule has 0 atom stereocenters. The number of aromatic nitrogens is 5. The van der Waals surface area contributed by atoms with Crippen LogP contribution in [0.2, 0.25) is 0 Å². The monoisotopic (exact) mass is 788 g/mol. The van der Waals surface area contributed by atoms with Gasteiger partial charge in [0.25, 0.3) is 0 Å². The topological polar surface area (TPSA) is 60.9 Å². The van der Waals surface area contributed by atoms with E-state index >= 15 is 0 Å². The molecule has 6 nitrogen and oxygen atoms in total. The Kier molecular flexibility index (Phi) is 7.39. The third kappa shape index (κ3) is 5.06. The van der Waals surface area contributed by atoms with Gasteiger partial charge in [-0.3, -0.25) is 4.57 Å². The molecule has 0 spiro atoms. The molecule has 3 heterocycles. The fourth-order valence-electron chi connectivity index (χ4n) is 7.36. The van der Waals surface area contributed by atoms with Crippen LogP contribution in [0.15, 0.2) is 103 Å². The van der Waals surface area contributed by atoms with Crippen LogP contribution in [0.1, 0.15) is 45.2 Å². The van der Waals surface area contributed by atoms with Gasteiger partial charge in [-0.25, -0.2) is 9.83 Å². The molecule has 0 N–H and O–H groups in total. The van der Waals surface area contributed by atoms with Gasteiger partial charge >= 0.3 is 0 Å². The quantitative estimate of drug-likeness (QED) is 0.167. The van der Waals surface area contributed by atoms with Crippen molar-refractivity contribution in [2.24, 2.45) is 0 Å². The fraction of sp³-hybridized carbons (Fsp3) is 0.175. The first-order valence-electron chi connectivity index (χ1n) is 15.5. The van der Waals surface area contributed by atoms with E-state index in [1.807, 2.05) is 60.7 Å². The molecule has 0 unspecified atom stereocenters. The van der Waals surface area contributed by atoms with Crippen LogP contribution in [-0.4, -0.2) is 24.5 Å². The van der Waals surface area contributed by atoms with Gasteiger partial charge in [0.2, 0.25) is 5.95 Å². The standard InChI is InChI=1S/C40H31N6.Ir/c1-39(2)24-40(3,4)31-21-26(19-20-30(31)39)35-32(41-5)22-27(23-42-35)37-43-36(25-13-7-6-8-14-25)44-38(45-37)46-33-17-11-9-15-28(33)29-16-10-12-18-34(29)46;/h6-18,20-23H,24H2,1-4H3;/q-1;. The minimum atomic E-state index is 0. The summed E-state index contributed by atoms with van der Waals surface area (Å²) in [4.78, 5) is 23.7. The number of hydrogen-bond donors (Lipinski definition) is 0. The molecule has 7 heteroatoms. The van der Waals surface area contributed by atoms with Gasteiger partial charge in [0.1, 0.15) is 0 Å². The largest absolute Gasteiger partial charge is 0.316 e. The Morgan fingerprint density at radius 1 is 0.723 bits per heavy atom. The van der Waals surface area contributed by atoms with Crippen LogP contribution in [0.4, 0.5) is 5.69 Å². The first-order chi connectivity index (χ1) is 22.2. The summed E-state index contributed by atoms with van der Waals surface area (Å²) in [7, 11) is 0. The Balaban J connectivity index is 0.00000351. The predicted octanol–water partition coefficient (Wildman–Crippen LogP) is 9.67. The van der Waals surface area contributed by atoms with Gasteiger partial charge in [-0.15, -0.1) is 34.9 Å². The Bertz CT molecular complexity index is 2310. The van der Waals surface area contributed by atoms with Crippen LogP contribution in [0.25, 0.3) is 66.6 Å². The molecule has 0 amide bonds. The maximum absolute atomic E-state index is 8.11.